The number of benzene rings is 4. The number of aryl methyl sites for hydroxylation is 3. The molecule has 4 aromatic rings. The SMILES string of the molecule is CCc1ccc(Nc2ccc(C=C(c3ccccc3)c3ccc(C)cc3)cc2)c(CC)c1. The predicted octanol–water partition coefficient (Wildman–Crippen LogP) is 8.45. The second-order valence-electron chi connectivity index (χ2n) is 8.24. The van der Waals surface area contributed by atoms with E-state index < -0.39 is 0 Å². The molecule has 0 unspecified atom stereocenters. The Labute approximate surface area is 192 Å². The molecule has 0 spiro atoms. The quantitative estimate of drug-likeness (QED) is 0.297. The Kier molecular flexibility index (Phi) is 6.87. The first-order chi connectivity index (χ1) is 15.7. The Bertz CT molecular complexity index is 1180. The molecule has 0 bridgehead atoms. The van der Waals surface area contributed by atoms with Gasteiger partial charge in [0.2, 0.25) is 0 Å². The van der Waals surface area contributed by atoms with Crippen molar-refractivity contribution in [1.82, 2.24) is 0 Å². The number of hydrogen-bond donors (Lipinski definition) is 1. The van der Waals surface area contributed by atoms with Crippen LogP contribution in [0.15, 0.2) is 97.1 Å². The van der Waals surface area contributed by atoms with Gasteiger partial charge in [0, 0.05) is 11.4 Å². The molecule has 0 saturated heterocycles. The standard InChI is InChI=1S/C31H31N/c1-4-24-15-20-31(26(5-2)21-24)32-29-18-13-25(14-19-29)22-30(27-9-7-6-8-10-27)28-16-11-23(3)12-17-28/h6-22,32H,4-5H2,1-3H3. The van der Waals surface area contributed by atoms with E-state index in [4.69, 9.17) is 0 Å². The van der Waals surface area contributed by atoms with E-state index >= 15 is 0 Å². The van der Waals surface area contributed by atoms with Gasteiger partial charge in [0.05, 0.1) is 0 Å². The molecule has 0 aliphatic carbocycles. The average molecular weight is 418 g/mol. The number of rotatable bonds is 7. The maximum atomic E-state index is 3.60. The molecule has 1 heteroatoms. The second kappa shape index (κ2) is 10.2. The van der Waals surface area contributed by atoms with Gasteiger partial charge in [0.1, 0.15) is 0 Å². The van der Waals surface area contributed by atoms with Crippen molar-refractivity contribution in [3.05, 3.63) is 130 Å². The topological polar surface area (TPSA) is 12.0 Å². The first kappa shape index (κ1) is 21.6. The smallest absolute Gasteiger partial charge is 0.0416 e. The van der Waals surface area contributed by atoms with Gasteiger partial charge in [-0.1, -0.05) is 98.3 Å². The number of nitrogens with one attached hydrogen (secondary N) is 1. The maximum Gasteiger partial charge on any atom is 0.0416 e. The molecule has 1 N–H and O–H groups in total. The molecule has 32 heavy (non-hydrogen) atoms. The van der Waals surface area contributed by atoms with Crippen molar-refractivity contribution < 1.29 is 0 Å². The summed E-state index contributed by atoms with van der Waals surface area (Å²) in [6, 6.07) is 34.8. The van der Waals surface area contributed by atoms with Crippen LogP contribution in [0.2, 0.25) is 0 Å². The van der Waals surface area contributed by atoms with Gasteiger partial charge in [-0.2, -0.15) is 0 Å². The third kappa shape index (κ3) is 5.18. The summed E-state index contributed by atoms with van der Waals surface area (Å²) in [7, 11) is 0. The molecule has 4 aromatic carbocycles. The molecule has 0 heterocycles. The monoisotopic (exact) mass is 417 g/mol. The second-order valence-corrected chi connectivity index (χ2v) is 8.24. The molecule has 0 atom stereocenters. The zero-order valence-corrected chi connectivity index (χ0v) is 19.2. The fourth-order valence-electron chi connectivity index (χ4n) is 3.95. The van der Waals surface area contributed by atoms with Gasteiger partial charge < -0.3 is 5.32 Å². The molecule has 0 aromatic heterocycles. The van der Waals surface area contributed by atoms with Crippen molar-refractivity contribution in [1.29, 1.82) is 0 Å². The van der Waals surface area contributed by atoms with Gasteiger partial charge in [-0.05, 0) is 77.4 Å². The normalized spacial score (nSPS) is 11.4. The molecule has 0 aliphatic rings. The molecule has 0 saturated carbocycles. The van der Waals surface area contributed by atoms with Gasteiger partial charge in [-0.3, -0.25) is 0 Å². The van der Waals surface area contributed by atoms with E-state index in [1.807, 2.05) is 0 Å². The van der Waals surface area contributed by atoms with Crippen LogP contribution in [0.5, 0.6) is 0 Å². The molecule has 0 radical (unpaired) electrons. The van der Waals surface area contributed by atoms with Gasteiger partial charge in [0.15, 0.2) is 0 Å². The van der Waals surface area contributed by atoms with Crippen molar-refractivity contribution in [2.75, 3.05) is 5.32 Å². The molecular formula is C31H31N. The van der Waals surface area contributed by atoms with E-state index in [2.05, 4.69) is 129 Å². The van der Waals surface area contributed by atoms with E-state index in [0.717, 1.165) is 18.5 Å². The summed E-state index contributed by atoms with van der Waals surface area (Å²) in [5.41, 5.74) is 11.2. The van der Waals surface area contributed by atoms with Crippen molar-refractivity contribution in [2.24, 2.45) is 0 Å². The average Bonchev–Trinajstić information content (AvgIpc) is 2.85. The van der Waals surface area contributed by atoms with Gasteiger partial charge in [0.25, 0.3) is 0 Å². The lowest BCUT2D eigenvalue weighted by molar-refractivity contribution is 1.09. The van der Waals surface area contributed by atoms with Crippen LogP contribution in [0.3, 0.4) is 0 Å². The Morgan fingerprint density at radius 2 is 1.41 bits per heavy atom. The van der Waals surface area contributed by atoms with E-state index in [-0.39, 0.29) is 0 Å². The van der Waals surface area contributed by atoms with Crippen LogP contribution in [0, 0.1) is 6.92 Å². The Balaban J connectivity index is 1.62. The van der Waals surface area contributed by atoms with Gasteiger partial charge >= 0.3 is 0 Å². The minimum absolute atomic E-state index is 1.02. The summed E-state index contributed by atoms with van der Waals surface area (Å²) >= 11 is 0. The van der Waals surface area contributed by atoms with Crippen molar-refractivity contribution in [2.45, 2.75) is 33.6 Å². The minimum atomic E-state index is 1.02. The predicted molar refractivity (Wildman–Crippen MR) is 140 cm³/mol. The summed E-state index contributed by atoms with van der Waals surface area (Å²) in [6.45, 7) is 6.54. The van der Waals surface area contributed by atoms with Crippen LogP contribution in [0.25, 0.3) is 11.6 Å². The van der Waals surface area contributed by atoms with Crippen LogP contribution in [0.1, 0.15) is 47.2 Å². The number of hydrogen-bond acceptors (Lipinski definition) is 1. The van der Waals surface area contributed by atoms with Gasteiger partial charge in [-0.15, -0.1) is 0 Å². The molecular weight excluding hydrogens is 386 g/mol. The largest absolute Gasteiger partial charge is 0.355 e. The Morgan fingerprint density at radius 3 is 2.06 bits per heavy atom. The highest BCUT2D eigenvalue weighted by Crippen LogP contribution is 2.28. The van der Waals surface area contributed by atoms with E-state index in [1.54, 1.807) is 0 Å². The van der Waals surface area contributed by atoms with Crippen LogP contribution >= 0.6 is 0 Å². The fourth-order valence-corrected chi connectivity index (χ4v) is 3.95. The molecule has 0 amide bonds. The van der Waals surface area contributed by atoms with Crippen LogP contribution in [-0.4, -0.2) is 0 Å². The molecule has 4 rings (SSSR count). The number of anilines is 2. The summed E-state index contributed by atoms with van der Waals surface area (Å²) in [6.07, 6.45) is 4.37. The van der Waals surface area contributed by atoms with Crippen LogP contribution in [-0.2, 0) is 12.8 Å². The molecule has 0 aliphatic heterocycles. The zero-order valence-electron chi connectivity index (χ0n) is 19.2. The zero-order chi connectivity index (χ0) is 22.3. The lowest BCUT2D eigenvalue weighted by Gasteiger charge is -2.13. The Morgan fingerprint density at radius 1 is 0.719 bits per heavy atom. The fraction of sp³-hybridized carbons (Fsp3) is 0.161. The maximum absolute atomic E-state index is 3.60. The highest BCUT2D eigenvalue weighted by atomic mass is 14.9. The highest BCUT2D eigenvalue weighted by molar-refractivity contribution is 5.91. The summed E-state index contributed by atoms with van der Waals surface area (Å²) in [5, 5.41) is 3.60. The minimum Gasteiger partial charge on any atom is -0.355 e. The lowest BCUT2D eigenvalue weighted by Crippen LogP contribution is -1.97. The van der Waals surface area contributed by atoms with Crippen LogP contribution < -0.4 is 5.32 Å². The van der Waals surface area contributed by atoms with Crippen LogP contribution in [0.4, 0.5) is 11.4 Å². The Hall–Kier alpha value is -3.58. The highest BCUT2D eigenvalue weighted by Gasteiger charge is 2.06. The first-order valence-corrected chi connectivity index (χ1v) is 11.5. The molecule has 0 fully saturated rings. The third-order valence-electron chi connectivity index (χ3n) is 5.91. The van der Waals surface area contributed by atoms with E-state index in [9.17, 15) is 0 Å². The summed E-state index contributed by atoms with van der Waals surface area (Å²) in [5.74, 6) is 0. The van der Waals surface area contributed by atoms with E-state index in [1.165, 1.54) is 44.6 Å². The first-order valence-electron chi connectivity index (χ1n) is 11.5. The summed E-state index contributed by atoms with van der Waals surface area (Å²) < 4.78 is 0. The molecule has 1 nitrogen and oxygen atoms in total. The van der Waals surface area contributed by atoms with Crippen molar-refractivity contribution in [3.63, 3.8) is 0 Å². The van der Waals surface area contributed by atoms with Crippen molar-refractivity contribution in [3.8, 4) is 0 Å². The van der Waals surface area contributed by atoms with Crippen molar-refractivity contribution >= 4 is 23.0 Å². The molecule has 160 valence electrons. The summed E-state index contributed by atoms with van der Waals surface area (Å²) in [4.78, 5) is 0. The third-order valence-corrected chi connectivity index (χ3v) is 5.91. The lowest BCUT2D eigenvalue weighted by atomic mass is 9.95. The van der Waals surface area contributed by atoms with Gasteiger partial charge in [-0.25, -0.2) is 0 Å². The van der Waals surface area contributed by atoms with E-state index in [0.29, 0.717) is 0 Å².